The van der Waals surface area contributed by atoms with Crippen LogP contribution in [-0.4, -0.2) is 40.5 Å². The van der Waals surface area contributed by atoms with Crippen molar-refractivity contribution in [2.24, 2.45) is 0 Å². The Bertz CT molecular complexity index is 339. The predicted octanol–water partition coefficient (Wildman–Crippen LogP) is 1.98. The first kappa shape index (κ1) is 12.0. The summed E-state index contributed by atoms with van der Waals surface area (Å²) in [5.41, 5.74) is 0. The molecule has 0 radical (unpaired) electrons. The van der Waals surface area contributed by atoms with Crippen LogP contribution in [-0.2, 0) is 0 Å². The molecule has 1 aromatic rings. The minimum absolute atomic E-state index is 0.432. The quantitative estimate of drug-likeness (QED) is 0.856. The van der Waals surface area contributed by atoms with Crippen molar-refractivity contribution in [3.05, 3.63) is 16.1 Å². The number of hydrogen-bond acceptors (Lipinski definition) is 4. The Hall–Kier alpha value is -0.430. The standard InChI is InChI=1S/C11H17IN4/c1-9(7-16-4-2-3-5-16)15-11-10(12)6-13-8-14-11/h6,8-9H,2-5,7H2,1H3,(H,13,14,15). The summed E-state index contributed by atoms with van der Waals surface area (Å²) in [7, 11) is 0. The van der Waals surface area contributed by atoms with Gasteiger partial charge in [-0.1, -0.05) is 0 Å². The molecular formula is C11H17IN4. The summed E-state index contributed by atoms with van der Waals surface area (Å²) in [6, 6.07) is 0.432. The maximum atomic E-state index is 4.24. The second-order valence-electron chi connectivity index (χ2n) is 4.27. The molecule has 0 saturated carbocycles. The highest BCUT2D eigenvalue weighted by Gasteiger charge is 2.15. The summed E-state index contributed by atoms with van der Waals surface area (Å²) in [6.07, 6.45) is 6.11. The van der Waals surface area contributed by atoms with Crippen molar-refractivity contribution in [1.82, 2.24) is 14.9 Å². The number of hydrogen-bond donors (Lipinski definition) is 1. The Labute approximate surface area is 110 Å². The Morgan fingerprint density at radius 3 is 2.94 bits per heavy atom. The summed E-state index contributed by atoms with van der Waals surface area (Å²) >= 11 is 2.26. The van der Waals surface area contributed by atoms with Crippen LogP contribution in [0, 0.1) is 3.57 Å². The molecule has 5 heteroatoms. The molecule has 1 aliphatic rings. The lowest BCUT2D eigenvalue weighted by Crippen LogP contribution is -2.33. The van der Waals surface area contributed by atoms with E-state index >= 15 is 0 Å². The van der Waals surface area contributed by atoms with E-state index in [-0.39, 0.29) is 0 Å². The van der Waals surface area contributed by atoms with Crippen molar-refractivity contribution >= 4 is 28.4 Å². The Morgan fingerprint density at radius 2 is 2.25 bits per heavy atom. The third-order valence-electron chi connectivity index (χ3n) is 2.78. The first-order chi connectivity index (χ1) is 7.75. The SMILES string of the molecule is CC(CN1CCCC1)Nc1ncncc1I. The van der Waals surface area contributed by atoms with Crippen LogP contribution in [0.1, 0.15) is 19.8 Å². The topological polar surface area (TPSA) is 41.0 Å². The first-order valence-corrected chi connectivity index (χ1v) is 6.78. The van der Waals surface area contributed by atoms with Gasteiger partial charge in [0, 0.05) is 18.8 Å². The van der Waals surface area contributed by atoms with Gasteiger partial charge in [-0.15, -0.1) is 0 Å². The molecule has 0 amide bonds. The van der Waals surface area contributed by atoms with Gasteiger partial charge in [-0.25, -0.2) is 9.97 Å². The molecule has 4 nitrogen and oxygen atoms in total. The highest BCUT2D eigenvalue weighted by Crippen LogP contribution is 2.14. The van der Waals surface area contributed by atoms with Gasteiger partial charge in [0.05, 0.1) is 3.57 Å². The molecule has 0 aromatic carbocycles. The van der Waals surface area contributed by atoms with E-state index in [4.69, 9.17) is 0 Å². The molecule has 0 aliphatic carbocycles. The van der Waals surface area contributed by atoms with Crippen molar-refractivity contribution in [3.8, 4) is 0 Å². The molecule has 1 unspecified atom stereocenters. The van der Waals surface area contributed by atoms with Crippen LogP contribution in [0.5, 0.6) is 0 Å². The van der Waals surface area contributed by atoms with Gasteiger partial charge in [-0.2, -0.15) is 0 Å². The maximum absolute atomic E-state index is 4.24. The Kier molecular flexibility index (Phi) is 4.34. The summed E-state index contributed by atoms with van der Waals surface area (Å²) in [4.78, 5) is 10.7. The van der Waals surface area contributed by atoms with Crippen molar-refractivity contribution in [2.75, 3.05) is 25.0 Å². The van der Waals surface area contributed by atoms with Crippen LogP contribution in [0.4, 0.5) is 5.82 Å². The van der Waals surface area contributed by atoms with E-state index in [0.717, 1.165) is 15.9 Å². The summed E-state index contributed by atoms with van der Waals surface area (Å²) in [5.74, 6) is 0.947. The molecule has 1 aliphatic heterocycles. The third-order valence-corrected chi connectivity index (χ3v) is 3.57. The minimum Gasteiger partial charge on any atom is -0.365 e. The zero-order chi connectivity index (χ0) is 11.4. The second-order valence-corrected chi connectivity index (χ2v) is 5.43. The highest BCUT2D eigenvalue weighted by atomic mass is 127. The summed E-state index contributed by atoms with van der Waals surface area (Å²) in [6.45, 7) is 5.79. The molecule has 16 heavy (non-hydrogen) atoms. The van der Waals surface area contributed by atoms with E-state index in [2.05, 4.69) is 49.7 Å². The average molecular weight is 332 g/mol. The van der Waals surface area contributed by atoms with Gasteiger partial charge in [0.15, 0.2) is 0 Å². The monoisotopic (exact) mass is 332 g/mol. The van der Waals surface area contributed by atoms with Crippen LogP contribution in [0.2, 0.25) is 0 Å². The smallest absolute Gasteiger partial charge is 0.143 e. The van der Waals surface area contributed by atoms with Crippen LogP contribution in [0.15, 0.2) is 12.5 Å². The van der Waals surface area contributed by atoms with E-state index in [9.17, 15) is 0 Å². The molecule has 2 heterocycles. The Balaban J connectivity index is 1.86. The van der Waals surface area contributed by atoms with Gasteiger partial charge < -0.3 is 10.2 Å². The van der Waals surface area contributed by atoms with E-state index in [1.165, 1.54) is 25.9 Å². The molecule has 0 spiro atoms. The number of halogens is 1. The largest absolute Gasteiger partial charge is 0.365 e. The summed E-state index contributed by atoms with van der Waals surface area (Å²) < 4.78 is 1.08. The Morgan fingerprint density at radius 1 is 1.50 bits per heavy atom. The average Bonchev–Trinajstić information content (AvgIpc) is 2.74. The lowest BCUT2D eigenvalue weighted by molar-refractivity contribution is 0.327. The minimum atomic E-state index is 0.432. The number of anilines is 1. The maximum Gasteiger partial charge on any atom is 0.143 e. The van der Waals surface area contributed by atoms with Crippen molar-refractivity contribution in [2.45, 2.75) is 25.8 Å². The van der Waals surface area contributed by atoms with Crippen LogP contribution in [0.3, 0.4) is 0 Å². The van der Waals surface area contributed by atoms with E-state index < -0.39 is 0 Å². The van der Waals surface area contributed by atoms with Crippen molar-refractivity contribution in [1.29, 1.82) is 0 Å². The molecule has 0 bridgehead atoms. The van der Waals surface area contributed by atoms with Crippen molar-refractivity contribution in [3.63, 3.8) is 0 Å². The number of nitrogens with one attached hydrogen (secondary N) is 1. The predicted molar refractivity (Wildman–Crippen MR) is 73.5 cm³/mol. The van der Waals surface area contributed by atoms with Crippen LogP contribution >= 0.6 is 22.6 Å². The van der Waals surface area contributed by atoms with Gasteiger partial charge in [0.1, 0.15) is 12.1 Å². The fourth-order valence-electron chi connectivity index (χ4n) is 2.05. The number of aromatic nitrogens is 2. The molecule has 2 rings (SSSR count). The lowest BCUT2D eigenvalue weighted by Gasteiger charge is -2.21. The fraction of sp³-hybridized carbons (Fsp3) is 0.636. The van der Waals surface area contributed by atoms with E-state index in [1.807, 2.05) is 6.20 Å². The molecule has 1 saturated heterocycles. The van der Waals surface area contributed by atoms with E-state index in [0.29, 0.717) is 6.04 Å². The van der Waals surface area contributed by atoms with Gasteiger partial charge in [0.2, 0.25) is 0 Å². The molecule has 1 N–H and O–H groups in total. The van der Waals surface area contributed by atoms with Gasteiger partial charge in [-0.05, 0) is 55.4 Å². The first-order valence-electron chi connectivity index (χ1n) is 5.70. The van der Waals surface area contributed by atoms with Crippen LogP contribution in [0.25, 0.3) is 0 Å². The molecule has 1 atom stereocenters. The lowest BCUT2D eigenvalue weighted by atomic mass is 10.3. The zero-order valence-corrected chi connectivity index (χ0v) is 11.6. The van der Waals surface area contributed by atoms with Crippen molar-refractivity contribution < 1.29 is 0 Å². The summed E-state index contributed by atoms with van der Waals surface area (Å²) in [5, 5.41) is 3.44. The molecule has 88 valence electrons. The molecule has 1 fully saturated rings. The van der Waals surface area contributed by atoms with Gasteiger partial charge in [0.25, 0.3) is 0 Å². The fourth-order valence-corrected chi connectivity index (χ4v) is 2.51. The molecule has 1 aromatic heterocycles. The number of likely N-dealkylation sites (tertiary alicyclic amines) is 1. The van der Waals surface area contributed by atoms with Gasteiger partial charge >= 0.3 is 0 Å². The molecular weight excluding hydrogens is 315 g/mol. The van der Waals surface area contributed by atoms with Gasteiger partial charge in [-0.3, -0.25) is 0 Å². The zero-order valence-electron chi connectivity index (χ0n) is 9.49. The van der Waals surface area contributed by atoms with E-state index in [1.54, 1.807) is 6.33 Å². The highest BCUT2D eigenvalue weighted by molar-refractivity contribution is 14.1. The number of rotatable bonds is 4. The third kappa shape index (κ3) is 3.28. The second kappa shape index (κ2) is 5.77. The van der Waals surface area contributed by atoms with Crippen LogP contribution < -0.4 is 5.32 Å². The normalized spacial score (nSPS) is 18.6. The number of nitrogens with zero attached hydrogens (tertiary/aromatic N) is 3.